The molecule has 3 aromatic rings. The van der Waals surface area contributed by atoms with Crippen LogP contribution in [-0.2, 0) is 33.4 Å². The van der Waals surface area contributed by atoms with Crippen LogP contribution >= 0.6 is 0 Å². The van der Waals surface area contributed by atoms with Gasteiger partial charge in [-0.05, 0) is 36.2 Å². The van der Waals surface area contributed by atoms with Crippen LogP contribution in [0.5, 0.6) is 0 Å². The van der Waals surface area contributed by atoms with Crippen molar-refractivity contribution in [2.45, 2.75) is 25.6 Å². The Morgan fingerprint density at radius 3 is 2.46 bits per heavy atom. The molecular formula is C19H21N3O3S. The van der Waals surface area contributed by atoms with Gasteiger partial charge in [0.1, 0.15) is 18.1 Å². The van der Waals surface area contributed by atoms with Crippen molar-refractivity contribution in [1.29, 1.82) is 0 Å². The molecule has 1 aromatic heterocycles. The number of aryl methyl sites for hydroxylation is 1. The van der Waals surface area contributed by atoms with Crippen LogP contribution in [0.15, 0.2) is 48.5 Å². The number of carbonyl (C=O) groups excluding carboxylic acids is 1. The minimum Gasteiger partial charge on any atom is -0.325 e. The number of amides is 1. The molecule has 1 N–H and O–H groups in total. The number of hydrogen-bond acceptors (Lipinski definition) is 4. The average Bonchev–Trinajstić information content (AvgIpc) is 2.91. The summed E-state index contributed by atoms with van der Waals surface area (Å²) in [7, 11) is -3.26. The minimum absolute atomic E-state index is 0.000889. The van der Waals surface area contributed by atoms with Crippen molar-refractivity contribution in [3.63, 3.8) is 0 Å². The van der Waals surface area contributed by atoms with Gasteiger partial charge in [-0.3, -0.25) is 4.79 Å². The number of rotatable bonds is 6. The summed E-state index contributed by atoms with van der Waals surface area (Å²) in [5.74, 6) is -0.0718. The molecular weight excluding hydrogens is 350 g/mol. The standard InChI is InChI=1S/C19H21N3O3S/c1-3-14-8-10-15(11-9-14)20-19(23)12-22-17-7-5-4-6-16(17)21-18(22)13-26(2,24)25/h4-11H,3,12-13H2,1-2H3,(H,20,23). The van der Waals surface area contributed by atoms with Gasteiger partial charge in [0.15, 0.2) is 9.84 Å². The van der Waals surface area contributed by atoms with Crippen LogP contribution in [-0.4, -0.2) is 30.1 Å². The summed E-state index contributed by atoms with van der Waals surface area (Å²) in [6.07, 6.45) is 2.09. The molecule has 1 heterocycles. The summed E-state index contributed by atoms with van der Waals surface area (Å²) in [4.78, 5) is 16.9. The average molecular weight is 371 g/mol. The van der Waals surface area contributed by atoms with E-state index in [1.165, 1.54) is 5.56 Å². The Hall–Kier alpha value is -2.67. The molecule has 0 unspecified atom stereocenters. The van der Waals surface area contributed by atoms with Gasteiger partial charge in [0.2, 0.25) is 5.91 Å². The Labute approximate surface area is 152 Å². The molecule has 136 valence electrons. The van der Waals surface area contributed by atoms with E-state index in [0.717, 1.165) is 18.2 Å². The zero-order valence-electron chi connectivity index (χ0n) is 14.8. The number of anilines is 1. The normalized spacial score (nSPS) is 11.6. The van der Waals surface area contributed by atoms with Crippen LogP contribution in [0.3, 0.4) is 0 Å². The van der Waals surface area contributed by atoms with Gasteiger partial charge in [-0.2, -0.15) is 0 Å². The van der Waals surface area contributed by atoms with Crippen molar-refractivity contribution >= 4 is 32.5 Å². The number of imidazole rings is 1. The molecule has 0 aliphatic heterocycles. The Kier molecular flexibility index (Phi) is 5.08. The molecule has 26 heavy (non-hydrogen) atoms. The van der Waals surface area contributed by atoms with Crippen molar-refractivity contribution in [2.24, 2.45) is 0 Å². The van der Waals surface area contributed by atoms with E-state index in [4.69, 9.17) is 0 Å². The molecule has 7 heteroatoms. The lowest BCUT2D eigenvalue weighted by molar-refractivity contribution is -0.116. The van der Waals surface area contributed by atoms with Crippen molar-refractivity contribution in [1.82, 2.24) is 9.55 Å². The van der Waals surface area contributed by atoms with Gasteiger partial charge in [-0.25, -0.2) is 13.4 Å². The predicted molar refractivity (Wildman–Crippen MR) is 103 cm³/mol. The number of fused-ring (bicyclic) bond motifs is 1. The molecule has 0 bridgehead atoms. The minimum atomic E-state index is -3.26. The van der Waals surface area contributed by atoms with Crippen molar-refractivity contribution in [3.05, 3.63) is 59.9 Å². The Morgan fingerprint density at radius 1 is 1.12 bits per heavy atom. The van der Waals surface area contributed by atoms with Crippen molar-refractivity contribution < 1.29 is 13.2 Å². The molecule has 0 saturated carbocycles. The van der Waals surface area contributed by atoms with Gasteiger partial charge < -0.3 is 9.88 Å². The topological polar surface area (TPSA) is 81.1 Å². The molecule has 6 nitrogen and oxygen atoms in total. The van der Waals surface area contributed by atoms with Crippen LogP contribution in [0, 0.1) is 0 Å². The van der Waals surface area contributed by atoms with Gasteiger partial charge in [0.25, 0.3) is 0 Å². The van der Waals surface area contributed by atoms with E-state index in [-0.39, 0.29) is 18.2 Å². The van der Waals surface area contributed by atoms with E-state index < -0.39 is 9.84 Å². The van der Waals surface area contributed by atoms with Crippen LogP contribution in [0.1, 0.15) is 18.3 Å². The van der Waals surface area contributed by atoms with Gasteiger partial charge in [-0.15, -0.1) is 0 Å². The van der Waals surface area contributed by atoms with Crippen LogP contribution in [0.2, 0.25) is 0 Å². The maximum atomic E-state index is 12.5. The van der Waals surface area contributed by atoms with Gasteiger partial charge in [0, 0.05) is 11.9 Å². The lowest BCUT2D eigenvalue weighted by Crippen LogP contribution is -2.21. The largest absolute Gasteiger partial charge is 0.325 e. The number of carbonyl (C=O) groups is 1. The maximum absolute atomic E-state index is 12.5. The quantitative estimate of drug-likeness (QED) is 0.722. The van der Waals surface area contributed by atoms with E-state index in [2.05, 4.69) is 17.2 Å². The maximum Gasteiger partial charge on any atom is 0.244 e. The highest BCUT2D eigenvalue weighted by molar-refractivity contribution is 7.89. The highest BCUT2D eigenvalue weighted by Crippen LogP contribution is 2.18. The van der Waals surface area contributed by atoms with E-state index >= 15 is 0 Å². The van der Waals surface area contributed by atoms with Crippen LogP contribution in [0.4, 0.5) is 5.69 Å². The fourth-order valence-corrected chi connectivity index (χ4v) is 3.50. The summed E-state index contributed by atoms with van der Waals surface area (Å²) in [6.45, 7) is 2.07. The monoisotopic (exact) mass is 371 g/mol. The number of nitrogens with one attached hydrogen (secondary N) is 1. The van der Waals surface area contributed by atoms with Crippen LogP contribution in [0.25, 0.3) is 11.0 Å². The first-order valence-electron chi connectivity index (χ1n) is 8.36. The first-order chi connectivity index (χ1) is 12.4. The molecule has 0 aliphatic carbocycles. The van der Waals surface area contributed by atoms with Gasteiger partial charge in [0.05, 0.1) is 11.0 Å². The van der Waals surface area contributed by atoms with Crippen molar-refractivity contribution in [3.8, 4) is 0 Å². The summed E-state index contributed by atoms with van der Waals surface area (Å²) in [6, 6.07) is 15.0. The molecule has 0 radical (unpaired) electrons. The number of sulfone groups is 1. The molecule has 0 aliphatic rings. The summed E-state index contributed by atoms with van der Waals surface area (Å²) in [5.41, 5.74) is 3.31. The highest BCUT2D eigenvalue weighted by atomic mass is 32.2. The highest BCUT2D eigenvalue weighted by Gasteiger charge is 2.17. The zero-order valence-corrected chi connectivity index (χ0v) is 15.6. The van der Waals surface area contributed by atoms with Gasteiger partial charge in [-0.1, -0.05) is 31.2 Å². The third kappa shape index (κ3) is 4.29. The molecule has 1 amide bonds. The zero-order chi connectivity index (χ0) is 18.7. The Morgan fingerprint density at radius 2 is 1.81 bits per heavy atom. The van der Waals surface area contributed by atoms with E-state index in [0.29, 0.717) is 17.0 Å². The first-order valence-corrected chi connectivity index (χ1v) is 10.4. The predicted octanol–water partition coefficient (Wildman–Crippen LogP) is 2.78. The molecule has 0 atom stereocenters. The fourth-order valence-electron chi connectivity index (χ4n) is 2.81. The number of para-hydroxylation sites is 2. The number of hydrogen-bond donors (Lipinski definition) is 1. The second kappa shape index (κ2) is 7.29. The molecule has 3 rings (SSSR count). The summed E-state index contributed by atoms with van der Waals surface area (Å²) < 4.78 is 25.1. The Bertz CT molecular complexity index is 1040. The second-order valence-corrected chi connectivity index (χ2v) is 8.41. The fraction of sp³-hybridized carbons (Fsp3) is 0.263. The number of aromatic nitrogens is 2. The van der Waals surface area contributed by atoms with E-state index in [1.807, 2.05) is 42.5 Å². The lowest BCUT2D eigenvalue weighted by atomic mass is 10.1. The van der Waals surface area contributed by atoms with Gasteiger partial charge >= 0.3 is 0 Å². The SMILES string of the molecule is CCc1ccc(NC(=O)Cn2c(CS(C)(=O)=O)nc3ccccc32)cc1. The number of benzene rings is 2. The van der Waals surface area contributed by atoms with E-state index in [9.17, 15) is 13.2 Å². The summed E-state index contributed by atoms with van der Waals surface area (Å²) >= 11 is 0. The van der Waals surface area contributed by atoms with Crippen LogP contribution < -0.4 is 5.32 Å². The molecule has 0 saturated heterocycles. The smallest absolute Gasteiger partial charge is 0.244 e. The third-order valence-electron chi connectivity index (χ3n) is 4.07. The second-order valence-electron chi connectivity index (χ2n) is 6.27. The molecule has 2 aromatic carbocycles. The first kappa shape index (κ1) is 18.1. The summed E-state index contributed by atoms with van der Waals surface area (Å²) in [5, 5.41) is 2.85. The molecule has 0 spiro atoms. The Balaban J connectivity index is 1.86. The molecule has 0 fully saturated rings. The van der Waals surface area contributed by atoms with E-state index in [1.54, 1.807) is 10.6 Å². The lowest BCUT2D eigenvalue weighted by Gasteiger charge is -2.10. The number of nitrogens with zero attached hydrogens (tertiary/aromatic N) is 2. The van der Waals surface area contributed by atoms with Crippen molar-refractivity contribution in [2.75, 3.05) is 11.6 Å². The third-order valence-corrected chi connectivity index (χ3v) is 4.86.